The summed E-state index contributed by atoms with van der Waals surface area (Å²) in [6.45, 7) is 3.97. The third-order valence-corrected chi connectivity index (χ3v) is 3.59. The number of carbonyl (C=O) groups is 1. The molecule has 0 spiro atoms. The van der Waals surface area contributed by atoms with E-state index in [9.17, 15) is 4.79 Å². The van der Waals surface area contributed by atoms with Crippen molar-refractivity contribution in [3.8, 4) is 11.4 Å². The minimum Gasteiger partial charge on any atom is -0.276 e. The number of nitrogens with zero attached hydrogens (tertiary/aromatic N) is 2. The number of rotatable bonds is 2. The van der Waals surface area contributed by atoms with Crippen molar-refractivity contribution in [3.05, 3.63) is 59.3 Å². The molecule has 2 heterocycles. The van der Waals surface area contributed by atoms with Crippen LogP contribution in [-0.4, -0.2) is 15.2 Å². The van der Waals surface area contributed by atoms with Crippen LogP contribution in [0.2, 0.25) is 0 Å². The molecule has 1 aromatic carbocycles. The molecule has 0 aliphatic heterocycles. The van der Waals surface area contributed by atoms with Crippen molar-refractivity contribution < 1.29 is 4.79 Å². The third-order valence-electron chi connectivity index (χ3n) is 3.39. The zero-order chi connectivity index (χ0) is 15.0. The number of pyridine rings is 2. The monoisotopic (exact) mass is 332 g/mol. The van der Waals surface area contributed by atoms with Crippen LogP contribution in [0.5, 0.6) is 0 Å². The summed E-state index contributed by atoms with van der Waals surface area (Å²) in [7, 11) is 0. The lowest BCUT2D eigenvalue weighted by Gasteiger charge is -2.10. The Bertz CT molecular complexity index is 848. The summed E-state index contributed by atoms with van der Waals surface area (Å²) in [5.41, 5.74) is 4.72. The quantitative estimate of drug-likeness (QED) is 0.638. The van der Waals surface area contributed by atoms with E-state index in [2.05, 4.69) is 9.97 Å². The average molecular weight is 333 g/mol. The lowest BCUT2D eigenvalue weighted by Crippen LogP contribution is -1.98. The van der Waals surface area contributed by atoms with Crippen LogP contribution in [0.1, 0.15) is 21.5 Å². The summed E-state index contributed by atoms with van der Waals surface area (Å²) in [4.78, 5) is 20.7. The first kappa shape index (κ1) is 16.4. The molecule has 112 valence electrons. The Hall–Kier alpha value is -1.97. The van der Waals surface area contributed by atoms with Gasteiger partial charge in [0.2, 0.25) is 0 Å². The molecule has 0 saturated carbocycles. The van der Waals surface area contributed by atoms with Crippen LogP contribution in [0.3, 0.4) is 0 Å². The second-order valence-electron chi connectivity index (χ2n) is 5.02. The van der Waals surface area contributed by atoms with E-state index in [0.717, 1.165) is 27.7 Å². The smallest absolute Gasteiger partial charge is 0.253 e. The molecule has 0 bridgehead atoms. The maximum Gasteiger partial charge on any atom is 0.253 e. The molecule has 0 saturated heterocycles. The Morgan fingerprint density at radius 3 is 2.50 bits per heavy atom. The number of aromatic nitrogens is 2. The van der Waals surface area contributed by atoms with Crippen molar-refractivity contribution in [2.75, 3.05) is 0 Å². The summed E-state index contributed by atoms with van der Waals surface area (Å²) in [5, 5.41) is 0.303. The lowest BCUT2D eigenvalue weighted by atomic mass is 10.0. The lowest BCUT2D eigenvalue weighted by molar-refractivity contribution is 0.108. The van der Waals surface area contributed by atoms with Gasteiger partial charge in [-0.1, -0.05) is 17.7 Å². The second kappa shape index (κ2) is 6.42. The van der Waals surface area contributed by atoms with E-state index in [0.29, 0.717) is 11.3 Å². The first-order chi connectivity index (χ1) is 10.1. The Morgan fingerprint density at radius 1 is 1.09 bits per heavy atom. The van der Waals surface area contributed by atoms with Gasteiger partial charge >= 0.3 is 0 Å². The van der Waals surface area contributed by atoms with Gasteiger partial charge in [0.15, 0.2) is 0 Å². The Kier molecular flexibility index (Phi) is 4.79. The van der Waals surface area contributed by atoms with E-state index >= 15 is 0 Å². The van der Waals surface area contributed by atoms with Gasteiger partial charge in [-0.2, -0.15) is 0 Å². The molecule has 0 unspecified atom stereocenters. The number of hydrogen-bond donors (Lipinski definition) is 0. The van der Waals surface area contributed by atoms with Crippen LogP contribution in [0.15, 0.2) is 42.6 Å². The Labute approximate surface area is 139 Å². The number of hydrogen-bond acceptors (Lipinski definition) is 3. The van der Waals surface area contributed by atoms with E-state index in [4.69, 9.17) is 11.6 Å². The SMILES string of the molecule is Cc1cc(C)c2nc(-c3ccccn3)cc(C(=O)Cl)c2c1.Cl. The van der Waals surface area contributed by atoms with Crippen LogP contribution in [0.4, 0.5) is 0 Å². The highest BCUT2D eigenvalue weighted by molar-refractivity contribution is 6.68. The van der Waals surface area contributed by atoms with E-state index in [1.54, 1.807) is 12.3 Å². The molecule has 2 aromatic heterocycles. The maximum absolute atomic E-state index is 11.8. The molecule has 0 radical (unpaired) electrons. The van der Waals surface area contributed by atoms with Gasteiger partial charge in [-0.25, -0.2) is 4.98 Å². The number of aryl methyl sites for hydroxylation is 2. The summed E-state index contributed by atoms with van der Waals surface area (Å²) in [6.07, 6.45) is 1.70. The van der Waals surface area contributed by atoms with Crippen LogP contribution in [0, 0.1) is 13.8 Å². The molecule has 0 fully saturated rings. The number of fused-ring (bicyclic) bond motifs is 1. The van der Waals surface area contributed by atoms with Crippen LogP contribution in [0.25, 0.3) is 22.3 Å². The molecule has 0 atom stereocenters. The van der Waals surface area contributed by atoms with Crippen molar-refractivity contribution in [1.82, 2.24) is 9.97 Å². The first-order valence-corrected chi connectivity index (χ1v) is 6.97. The molecular weight excluding hydrogens is 319 g/mol. The van der Waals surface area contributed by atoms with Crippen LogP contribution >= 0.6 is 24.0 Å². The predicted octanol–water partition coefficient (Wildman–Crippen LogP) is 4.71. The molecule has 0 N–H and O–H groups in total. The Morgan fingerprint density at radius 2 is 1.86 bits per heavy atom. The molecule has 0 amide bonds. The molecule has 0 aliphatic carbocycles. The largest absolute Gasteiger partial charge is 0.276 e. The topological polar surface area (TPSA) is 42.9 Å². The number of halogens is 2. The number of carbonyl (C=O) groups excluding carboxylic acids is 1. The summed E-state index contributed by atoms with van der Waals surface area (Å²) in [6, 6.07) is 11.3. The second-order valence-corrected chi connectivity index (χ2v) is 5.37. The molecule has 0 aliphatic rings. The van der Waals surface area contributed by atoms with E-state index < -0.39 is 5.24 Å². The van der Waals surface area contributed by atoms with E-state index in [1.165, 1.54) is 0 Å². The fourth-order valence-electron chi connectivity index (χ4n) is 2.49. The molecule has 3 rings (SSSR count). The minimum atomic E-state index is -0.482. The fraction of sp³-hybridized carbons (Fsp3) is 0.118. The zero-order valence-electron chi connectivity index (χ0n) is 12.1. The third kappa shape index (κ3) is 2.96. The van der Waals surface area contributed by atoms with E-state index in [-0.39, 0.29) is 12.4 Å². The molecule has 5 heteroatoms. The molecule has 22 heavy (non-hydrogen) atoms. The Balaban J connectivity index is 0.00000176. The molecular formula is C17H14Cl2N2O. The van der Waals surface area contributed by atoms with E-state index in [1.807, 2.05) is 44.2 Å². The van der Waals surface area contributed by atoms with Gasteiger partial charge in [-0.05, 0) is 55.3 Å². The zero-order valence-corrected chi connectivity index (χ0v) is 13.7. The van der Waals surface area contributed by atoms with Gasteiger partial charge in [-0.3, -0.25) is 9.78 Å². The highest BCUT2D eigenvalue weighted by Gasteiger charge is 2.14. The van der Waals surface area contributed by atoms with Gasteiger partial charge in [0, 0.05) is 17.1 Å². The average Bonchev–Trinajstić information content (AvgIpc) is 2.47. The molecule has 3 nitrogen and oxygen atoms in total. The van der Waals surface area contributed by atoms with Crippen molar-refractivity contribution in [2.45, 2.75) is 13.8 Å². The number of benzene rings is 1. The van der Waals surface area contributed by atoms with Crippen LogP contribution < -0.4 is 0 Å². The van der Waals surface area contributed by atoms with Gasteiger partial charge in [0.25, 0.3) is 5.24 Å². The standard InChI is InChI=1S/C17H13ClN2O.ClH/c1-10-7-11(2)16-12(8-10)13(17(18)21)9-15(20-16)14-5-3-4-6-19-14;/h3-9H,1-2H3;1H. The van der Waals surface area contributed by atoms with Gasteiger partial charge < -0.3 is 0 Å². The van der Waals surface area contributed by atoms with Crippen molar-refractivity contribution in [2.24, 2.45) is 0 Å². The highest BCUT2D eigenvalue weighted by atomic mass is 35.5. The maximum atomic E-state index is 11.8. The highest BCUT2D eigenvalue weighted by Crippen LogP contribution is 2.27. The van der Waals surface area contributed by atoms with Crippen molar-refractivity contribution >= 4 is 40.2 Å². The summed E-state index contributed by atoms with van der Waals surface area (Å²) < 4.78 is 0. The summed E-state index contributed by atoms with van der Waals surface area (Å²) >= 11 is 5.76. The first-order valence-electron chi connectivity index (χ1n) is 6.59. The predicted molar refractivity (Wildman–Crippen MR) is 91.9 cm³/mol. The van der Waals surface area contributed by atoms with Gasteiger partial charge in [0.05, 0.1) is 16.9 Å². The minimum absolute atomic E-state index is 0. The fourth-order valence-corrected chi connectivity index (χ4v) is 2.65. The summed E-state index contributed by atoms with van der Waals surface area (Å²) in [5.74, 6) is 0. The normalized spacial score (nSPS) is 10.3. The van der Waals surface area contributed by atoms with Crippen LogP contribution in [-0.2, 0) is 0 Å². The molecule has 3 aromatic rings. The van der Waals surface area contributed by atoms with Crippen molar-refractivity contribution in [1.29, 1.82) is 0 Å². The van der Waals surface area contributed by atoms with Gasteiger partial charge in [0.1, 0.15) is 0 Å². The van der Waals surface area contributed by atoms with Gasteiger partial charge in [-0.15, -0.1) is 12.4 Å². The van der Waals surface area contributed by atoms with Crippen molar-refractivity contribution in [3.63, 3.8) is 0 Å².